The molecule has 2 heteroatoms. The van der Waals surface area contributed by atoms with E-state index in [2.05, 4.69) is 13.8 Å². The number of hydrogen-bond acceptors (Lipinski definition) is 2. The summed E-state index contributed by atoms with van der Waals surface area (Å²) in [5.74, 6) is 1.48. The number of rotatable bonds is 4. The van der Waals surface area contributed by atoms with Crippen LogP contribution in [0.3, 0.4) is 0 Å². The molecular formula is C16H31NO. The van der Waals surface area contributed by atoms with Crippen LogP contribution in [-0.4, -0.2) is 18.2 Å². The van der Waals surface area contributed by atoms with Crippen molar-refractivity contribution in [2.75, 3.05) is 6.61 Å². The fourth-order valence-electron chi connectivity index (χ4n) is 4.28. The first-order valence-electron chi connectivity index (χ1n) is 8.07. The van der Waals surface area contributed by atoms with Crippen molar-refractivity contribution in [1.29, 1.82) is 0 Å². The van der Waals surface area contributed by atoms with Crippen molar-refractivity contribution in [2.45, 2.75) is 83.3 Å². The fraction of sp³-hybridized carbons (Fsp3) is 1.00. The summed E-state index contributed by atoms with van der Waals surface area (Å²) in [4.78, 5) is 0. The first-order valence-corrected chi connectivity index (χ1v) is 8.07. The molecule has 3 atom stereocenters. The normalized spacial score (nSPS) is 36.5. The van der Waals surface area contributed by atoms with Crippen molar-refractivity contribution < 1.29 is 4.74 Å². The first-order chi connectivity index (χ1) is 8.68. The van der Waals surface area contributed by atoms with Crippen LogP contribution in [0.4, 0.5) is 0 Å². The third-order valence-corrected chi connectivity index (χ3v) is 5.19. The van der Waals surface area contributed by atoms with Gasteiger partial charge in [0.05, 0.1) is 5.60 Å². The minimum atomic E-state index is -0.00553. The van der Waals surface area contributed by atoms with Crippen LogP contribution in [-0.2, 0) is 4.74 Å². The largest absolute Gasteiger partial charge is 0.374 e. The fourth-order valence-corrected chi connectivity index (χ4v) is 4.28. The Morgan fingerprint density at radius 3 is 2.50 bits per heavy atom. The minimum absolute atomic E-state index is 0.00553. The molecule has 18 heavy (non-hydrogen) atoms. The second-order valence-corrected chi connectivity index (χ2v) is 6.62. The van der Waals surface area contributed by atoms with Gasteiger partial charge in [-0.05, 0) is 44.4 Å². The quantitative estimate of drug-likeness (QED) is 0.825. The van der Waals surface area contributed by atoms with Crippen molar-refractivity contribution in [3.05, 3.63) is 0 Å². The van der Waals surface area contributed by atoms with E-state index in [9.17, 15) is 0 Å². The molecule has 2 saturated carbocycles. The molecule has 0 bridgehead atoms. The van der Waals surface area contributed by atoms with E-state index in [1.807, 2.05) is 0 Å². The van der Waals surface area contributed by atoms with Crippen LogP contribution in [0.5, 0.6) is 0 Å². The van der Waals surface area contributed by atoms with Crippen molar-refractivity contribution in [1.82, 2.24) is 0 Å². The Labute approximate surface area is 113 Å². The molecule has 0 saturated heterocycles. The Hall–Kier alpha value is -0.0800. The summed E-state index contributed by atoms with van der Waals surface area (Å²) < 4.78 is 6.23. The molecule has 2 nitrogen and oxygen atoms in total. The number of ether oxygens (including phenoxy) is 1. The lowest BCUT2D eigenvalue weighted by molar-refractivity contribution is -0.106. The van der Waals surface area contributed by atoms with Gasteiger partial charge in [-0.15, -0.1) is 0 Å². The topological polar surface area (TPSA) is 35.2 Å². The van der Waals surface area contributed by atoms with Gasteiger partial charge in [-0.3, -0.25) is 0 Å². The van der Waals surface area contributed by atoms with E-state index in [0.717, 1.165) is 12.5 Å². The molecule has 0 heterocycles. The lowest BCUT2D eigenvalue weighted by Gasteiger charge is -2.47. The summed E-state index contributed by atoms with van der Waals surface area (Å²) >= 11 is 0. The van der Waals surface area contributed by atoms with Gasteiger partial charge in [0.1, 0.15) is 0 Å². The van der Waals surface area contributed by atoms with Crippen molar-refractivity contribution in [3.8, 4) is 0 Å². The Morgan fingerprint density at radius 1 is 1.17 bits per heavy atom. The molecule has 2 fully saturated rings. The van der Waals surface area contributed by atoms with Gasteiger partial charge in [-0.1, -0.05) is 39.0 Å². The van der Waals surface area contributed by atoms with Gasteiger partial charge in [0.15, 0.2) is 0 Å². The molecule has 0 aliphatic heterocycles. The summed E-state index contributed by atoms with van der Waals surface area (Å²) in [5.41, 5.74) is 6.68. The van der Waals surface area contributed by atoms with Crippen molar-refractivity contribution in [3.63, 3.8) is 0 Å². The summed E-state index contributed by atoms with van der Waals surface area (Å²) in [6, 6.07) is 0.264. The highest BCUT2D eigenvalue weighted by Crippen LogP contribution is 2.41. The molecule has 0 aromatic carbocycles. The average Bonchev–Trinajstić information content (AvgIpc) is 2.39. The molecular weight excluding hydrogens is 222 g/mol. The van der Waals surface area contributed by atoms with Crippen LogP contribution < -0.4 is 5.73 Å². The summed E-state index contributed by atoms with van der Waals surface area (Å²) in [6.07, 6.45) is 11.8. The van der Waals surface area contributed by atoms with Gasteiger partial charge in [-0.2, -0.15) is 0 Å². The molecule has 3 unspecified atom stereocenters. The maximum Gasteiger partial charge on any atom is 0.0837 e. The second kappa shape index (κ2) is 6.38. The molecule has 2 N–H and O–H groups in total. The molecule has 2 aliphatic carbocycles. The zero-order valence-electron chi connectivity index (χ0n) is 12.3. The lowest BCUT2D eigenvalue weighted by atomic mass is 9.68. The Kier molecular flexibility index (Phi) is 5.08. The van der Waals surface area contributed by atoms with Crippen LogP contribution in [0.1, 0.15) is 71.6 Å². The third-order valence-electron chi connectivity index (χ3n) is 5.19. The molecule has 106 valence electrons. The minimum Gasteiger partial charge on any atom is -0.374 e. The molecule has 0 amide bonds. The number of nitrogens with two attached hydrogens (primary N) is 1. The van der Waals surface area contributed by atoms with Gasteiger partial charge in [0.2, 0.25) is 0 Å². The standard InChI is InChI=1S/C16H31NO/c1-3-18-16(11-7-8-13(2)12-16)15(17)14-9-5-4-6-10-14/h13-15H,3-12,17H2,1-2H3. The smallest absolute Gasteiger partial charge is 0.0837 e. The van der Waals surface area contributed by atoms with Gasteiger partial charge in [0.25, 0.3) is 0 Å². The Balaban J connectivity index is 2.06. The Morgan fingerprint density at radius 2 is 1.89 bits per heavy atom. The van der Waals surface area contributed by atoms with E-state index < -0.39 is 0 Å². The van der Waals surface area contributed by atoms with Crippen LogP contribution in [0, 0.1) is 11.8 Å². The Bertz CT molecular complexity index is 245. The summed E-state index contributed by atoms with van der Waals surface area (Å²) in [5, 5.41) is 0. The van der Waals surface area contributed by atoms with Crippen molar-refractivity contribution >= 4 is 0 Å². The van der Waals surface area contributed by atoms with Gasteiger partial charge < -0.3 is 10.5 Å². The molecule has 0 spiro atoms. The average molecular weight is 253 g/mol. The van der Waals surface area contributed by atoms with Gasteiger partial charge in [0, 0.05) is 12.6 Å². The zero-order chi connectivity index (χ0) is 13.0. The second-order valence-electron chi connectivity index (χ2n) is 6.62. The monoisotopic (exact) mass is 253 g/mol. The highest BCUT2D eigenvalue weighted by Gasteiger charge is 2.44. The lowest BCUT2D eigenvalue weighted by Crippen LogP contribution is -2.56. The van der Waals surface area contributed by atoms with E-state index >= 15 is 0 Å². The van der Waals surface area contributed by atoms with Crippen LogP contribution >= 0.6 is 0 Å². The van der Waals surface area contributed by atoms with Crippen LogP contribution in [0.25, 0.3) is 0 Å². The van der Waals surface area contributed by atoms with E-state index in [4.69, 9.17) is 10.5 Å². The maximum absolute atomic E-state index is 6.68. The molecule has 2 rings (SSSR count). The van der Waals surface area contributed by atoms with E-state index in [0.29, 0.717) is 5.92 Å². The van der Waals surface area contributed by atoms with E-state index in [1.165, 1.54) is 57.8 Å². The number of hydrogen-bond donors (Lipinski definition) is 1. The van der Waals surface area contributed by atoms with Crippen LogP contribution in [0.15, 0.2) is 0 Å². The highest BCUT2D eigenvalue weighted by molar-refractivity contribution is 4.99. The SMILES string of the molecule is CCOC1(C(N)C2CCCCC2)CCCC(C)C1. The molecule has 0 aromatic heterocycles. The predicted molar refractivity (Wildman–Crippen MR) is 76.5 cm³/mol. The molecule has 0 radical (unpaired) electrons. The molecule has 0 aromatic rings. The van der Waals surface area contributed by atoms with E-state index in [-0.39, 0.29) is 11.6 Å². The first kappa shape index (κ1) is 14.3. The van der Waals surface area contributed by atoms with Crippen molar-refractivity contribution in [2.24, 2.45) is 17.6 Å². The van der Waals surface area contributed by atoms with Gasteiger partial charge >= 0.3 is 0 Å². The maximum atomic E-state index is 6.68. The molecule has 2 aliphatic rings. The van der Waals surface area contributed by atoms with Gasteiger partial charge in [-0.25, -0.2) is 0 Å². The zero-order valence-corrected chi connectivity index (χ0v) is 12.3. The van der Waals surface area contributed by atoms with Crippen LogP contribution in [0.2, 0.25) is 0 Å². The summed E-state index contributed by atoms with van der Waals surface area (Å²) in [7, 11) is 0. The predicted octanol–water partition coefficient (Wildman–Crippen LogP) is 3.88. The van der Waals surface area contributed by atoms with E-state index in [1.54, 1.807) is 0 Å². The highest BCUT2D eigenvalue weighted by atomic mass is 16.5. The summed E-state index contributed by atoms with van der Waals surface area (Å²) in [6.45, 7) is 5.29. The third kappa shape index (κ3) is 3.08.